The van der Waals surface area contributed by atoms with Gasteiger partial charge in [0.2, 0.25) is 11.8 Å². The van der Waals surface area contributed by atoms with E-state index in [2.05, 4.69) is 15.6 Å². The molecule has 15 heteroatoms. The Morgan fingerprint density at radius 3 is 2.27 bits per heavy atom. The molecule has 4 heterocycles. The number of carbonyl (C=O) groups excluding carboxylic acids is 4. The summed E-state index contributed by atoms with van der Waals surface area (Å²) in [5.74, 6) is 1.56. The number of ether oxygens (including phenoxy) is 1. The lowest BCUT2D eigenvalue weighted by molar-refractivity contribution is -0.135. The highest BCUT2D eigenvalue weighted by atomic mass is 32.2. The van der Waals surface area contributed by atoms with Crippen LogP contribution in [0.1, 0.15) is 55.3 Å². The molecule has 3 aliphatic rings. The number of ketones is 1. The van der Waals surface area contributed by atoms with Crippen LogP contribution in [0.4, 0.5) is 9.59 Å². The second-order valence-electron chi connectivity index (χ2n) is 13.3. The van der Waals surface area contributed by atoms with Gasteiger partial charge in [-0.2, -0.15) is 0 Å². The van der Waals surface area contributed by atoms with Crippen molar-refractivity contribution in [3.63, 3.8) is 0 Å². The Labute approximate surface area is 304 Å². The summed E-state index contributed by atoms with van der Waals surface area (Å²) in [6.45, 7) is 4.42. The van der Waals surface area contributed by atoms with E-state index >= 15 is 0 Å². The molecule has 2 aromatic carbocycles. The summed E-state index contributed by atoms with van der Waals surface area (Å²) in [5, 5.41) is 15.0. The van der Waals surface area contributed by atoms with Crippen LogP contribution in [0, 0.1) is 5.92 Å². The highest BCUT2D eigenvalue weighted by Crippen LogP contribution is 2.51. The molecule has 6 rings (SSSR count). The number of hydrogen-bond acceptors (Lipinski definition) is 9. The largest absolute Gasteiger partial charge is 0.465 e. The Kier molecular flexibility index (Phi) is 11.0. The molecule has 51 heavy (non-hydrogen) atoms. The second kappa shape index (κ2) is 15.4. The number of carbonyl (C=O) groups is 5. The lowest BCUT2D eigenvalue weighted by Gasteiger charge is -2.29. The number of aromatic nitrogens is 2. The van der Waals surface area contributed by atoms with Crippen LogP contribution in [0.25, 0.3) is 22.4 Å². The van der Waals surface area contributed by atoms with Crippen molar-refractivity contribution < 1.29 is 33.8 Å². The third-order valence-electron chi connectivity index (χ3n) is 9.64. The predicted molar refractivity (Wildman–Crippen MR) is 195 cm³/mol. The first-order valence-corrected chi connectivity index (χ1v) is 19.0. The monoisotopic (exact) mass is 734 g/mol. The fourth-order valence-electron chi connectivity index (χ4n) is 6.90. The zero-order valence-electron chi connectivity index (χ0n) is 28.7. The van der Waals surface area contributed by atoms with Crippen LogP contribution >= 0.6 is 23.5 Å². The van der Waals surface area contributed by atoms with Gasteiger partial charge in [-0.1, -0.05) is 62.4 Å². The van der Waals surface area contributed by atoms with Gasteiger partial charge in [0.1, 0.15) is 17.9 Å². The first-order chi connectivity index (χ1) is 24.5. The quantitative estimate of drug-likeness (QED) is 0.207. The molecule has 0 aliphatic carbocycles. The molecule has 3 aromatic rings. The summed E-state index contributed by atoms with van der Waals surface area (Å²) in [5.41, 5.74) is 3.93. The maximum Gasteiger partial charge on any atom is 0.408 e. The Hall–Kier alpha value is -4.50. The number of hydrogen-bond donors (Lipinski definition) is 4. The van der Waals surface area contributed by atoms with Crippen molar-refractivity contribution in [1.29, 1.82) is 0 Å². The minimum atomic E-state index is -1.12. The number of alkyl carbamates (subject to hydrolysis) is 1. The van der Waals surface area contributed by atoms with Gasteiger partial charge in [0, 0.05) is 48.3 Å². The minimum Gasteiger partial charge on any atom is -0.465 e. The number of nitrogens with zero attached hydrogens (tertiary/aromatic N) is 3. The average Bonchev–Trinajstić information content (AvgIpc) is 3.96. The van der Waals surface area contributed by atoms with E-state index in [1.807, 2.05) is 56.4 Å². The predicted octanol–water partition coefficient (Wildman–Crippen LogP) is 5.02. The number of aromatic amines is 1. The van der Waals surface area contributed by atoms with Crippen LogP contribution in [0.15, 0.2) is 54.7 Å². The topological polar surface area (TPSA) is 174 Å². The van der Waals surface area contributed by atoms with Crippen molar-refractivity contribution in [1.82, 2.24) is 30.4 Å². The van der Waals surface area contributed by atoms with Crippen LogP contribution in [0.2, 0.25) is 0 Å². The SMILES string of the molecule is COC(=O)N[C@H](C(=O)N1CCC[C@H]1c1nc(-c2ccc(-c3ccc(C(=O)CNC(=O)[C@@H]4CC5(CN4C(=O)O)SCCS5)cc3)cc2)c[nH]1)C(C)C. The summed E-state index contributed by atoms with van der Waals surface area (Å²) >= 11 is 3.41. The van der Waals surface area contributed by atoms with Crippen LogP contribution in [0.3, 0.4) is 0 Å². The van der Waals surface area contributed by atoms with E-state index in [4.69, 9.17) is 9.72 Å². The summed E-state index contributed by atoms with van der Waals surface area (Å²) in [7, 11) is 1.27. The molecule has 3 atom stereocenters. The number of likely N-dealkylation sites (tertiary alicyclic amines) is 2. The number of amides is 4. The number of rotatable bonds is 10. The Bertz CT molecular complexity index is 1770. The highest BCUT2D eigenvalue weighted by molar-refractivity contribution is 8.21. The van der Waals surface area contributed by atoms with E-state index in [1.165, 1.54) is 12.0 Å². The Morgan fingerprint density at radius 2 is 1.65 bits per heavy atom. The lowest BCUT2D eigenvalue weighted by atomic mass is 10.0. The summed E-state index contributed by atoms with van der Waals surface area (Å²) in [6.07, 6.45) is 2.08. The molecule has 1 aromatic heterocycles. The van der Waals surface area contributed by atoms with Crippen LogP contribution in [-0.4, -0.2) is 109 Å². The van der Waals surface area contributed by atoms with Gasteiger partial charge in [0.25, 0.3) is 0 Å². The molecule has 0 unspecified atom stereocenters. The third-order valence-corrected chi connectivity index (χ3v) is 13.1. The zero-order valence-corrected chi connectivity index (χ0v) is 30.4. The smallest absolute Gasteiger partial charge is 0.408 e. The van der Waals surface area contributed by atoms with E-state index in [0.717, 1.165) is 46.7 Å². The molecule has 0 radical (unpaired) electrons. The molecule has 4 N–H and O–H groups in total. The molecule has 270 valence electrons. The summed E-state index contributed by atoms with van der Waals surface area (Å²) < 4.78 is 4.44. The molecular weight excluding hydrogens is 693 g/mol. The highest BCUT2D eigenvalue weighted by Gasteiger charge is 2.51. The van der Waals surface area contributed by atoms with E-state index in [-0.39, 0.29) is 34.3 Å². The molecule has 3 fully saturated rings. The molecule has 3 saturated heterocycles. The van der Waals surface area contributed by atoms with Gasteiger partial charge >= 0.3 is 12.2 Å². The molecular formula is C36H42N6O7S2. The van der Waals surface area contributed by atoms with E-state index < -0.39 is 30.2 Å². The van der Waals surface area contributed by atoms with Crippen molar-refractivity contribution in [2.45, 2.75) is 55.3 Å². The van der Waals surface area contributed by atoms with Gasteiger partial charge in [0.05, 0.1) is 29.5 Å². The average molecular weight is 735 g/mol. The molecule has 0 bridgehead atoms. The fourth-order valence-corrected chi connectivity index (χ4v) is 10.2. The lowest BCUT2D eigenvalue weighted by Crippen LogP contribution is -2.51. The van der Waals surface area contributed by atoms with Crippen molar-refractivity contribution in [2.24, 2.45) is 5.92 Å². The van der Waals surface area contributed by atoms with Gasteiger partial charge in [-0.3, -0.25) is 19.3 Å². The van der Waals surface area contributed by atoms with Gasteiger partial charge in [-0.05, 0) is 29.9 Å². The van der Waals surface area contributed by atoms with Crippen molar-refractivity contribution in [3.8, 4) is 22.4 Å². The van der Waals surface area contributed by atoms with Gasteiger partial charge in [-0.15, -0.1) is 23.5 Å². The second-order valence-corrected chi connectivity index (χ2v) is 16.5. The number of benzene rings is 2. The molecule has 1 spiro atoms. The molecule has 3 aliphatic heterocycles. The summed E-state index contributed by atoms with van der Waals surface area (Å²) in [4.78, 5) is 74.2. The van der Waals surface area contributed by atoms with E-state index in [0.29, 0.717) is 30.9 Å². The Balaban J connectivity index is 1.05. The van der Waals surface area contributed by atoms with Crippen molar-refractivity contribution >= 4 is 53.3 Å². The maximum atomic E-state index is 13.5. The third kappa shape index (κ3) is 7.88. The number of methoxy groups -OCH3 is 1. The standard InChI is InChI=1S/C36H42N6O7S2/c1-21(2)30(40-34(46)49-3)33(45)41-14-4-5-27(41)31-37-18-26(39-31)24-10-6-22(7-11-24)23-8-12-25(13-9-23)29(43)19-38-32(44)28-17-36(50-15-16-51-36)20-42(28)35(47)48/h6-13,18,21,27-28,30H,4-5,14-17,19-20H2,1-3H3,(H,37,39)(H,38,44)(H,40,46)(H,47,48)/t27-,28-,30-/m0/s1. The van der Waals surface area contributed by atoms with Gasteiger partial charge in [0.15, 0.2) is 5.78 Å². The zero-order chi connectivity index (χ0) is 36.3. The number of nitrogens with one attached hydrogen (secondary N) is 3. The molecule has 0 saturated carbocycles. The first kappa shape index (κ1) is 36.3. The van der Waals surface area contributed by atoms with Crippen molar-refractivity contribution in [3.05, 3.63) is 66.1 Å². The summed E-state index contributed by atoms with van der Waals surface area (Å²) in [6, 6.07) is 13.3. The Morgan fingerprint density at radius 1 is 1.00 bits per heavy atom. The number of H-pyrrole nitrogens is 1. The number of Topliss-reactive ketones (excluding diaryl/α,β-unsaturated/α-hetero) is 1. The normalized spacial score (nSPS) is 20.1. The van der Waals surface area contributed by atoms with Crippen molar-refractivity contribution in [2.75, 3.05) is 38.2 Å². The van der Waals surface area contributed by atoms with Crippen LogP contribution in [0.5, 0.6) is 0 Å². The fraction of sp³-hybridized carbons (Fsp3) is 0.444. The number of carboxylic acid groups (broad SMARTS) is 1. The van der Waals surface area contributed by atoms with Gasteiger partial charge in [-0.25, -0.2) is 14.6 Å². The van der Waals surface area contributed by atoms with E-state index in [9.17, 15) is 29.1 Å². The van der Waals surface area contributed by atoms with E-state index in [1.54, 1.807) is 40.6 Å². The van der Waals surface area contributed by atoms with Gasteiger partial charge < -0.3 is 30.4 Å². The number of imidazole rings is 1. The molecule has 4 amide bonds. The molecule has 13 nitrogen and oxygen atoms in total. The minimum absolute atomic E-state index is 0.119. The first-order valence-electron chi connectivity index (χ1n) is 17.0. The number of thioether (sulfide) groups is 2. The van der Waals surface area contributed by atoms with Crippen LogP contribution in [-0.2, 0) is 14.3 Å². The van der Waals surface area contributed by atoms with Crippen LogP contribution < -0.4 is 10.6 Å². The maximum absolute atomic E-state index is 13.5.